The standard InChI is InChI=1S/C14H22N2O3/c1-10(2)7-11(14(17)18)8-15-9-12-5-4-6-13(16-12)19-3/h4-6,10-11,15H,7-9H2,1-3H3,(H,17,18). The maximum absolute atomic E-state index is 11.1. The Bertz CT molecular complexity index is 407. The number of carboxylic acids is 1. The van der Waals surface area contributed by atoms with Crippen LogP contribution >= 0.6 is 0 Å². The van der Waals surface area contributed by atoms with Gasteiger partial charge in [0.2, 0.25) is 5.88 Å². The second kappa shape index (κ2) is 7.74. The quantitative estimate of drug-likeness (QED) is 0.752. The van der Waals surface area contributed by atoms with Crippen molar-refractivity contribution >= 4 is 5.97 Å². The van der Waals surface area contributed by atoms with Crippen molar-refractivity contribution in [3.05, 3.63) is 23.9 Å². The van der Waals surface area contributed by atoms with Crippen LogP contribution in [0, 0.1) is 11.8 Å². The van der Waals surface area contributed by atoms with Crippen molar-refractivity contribution in [1.82, 2.24) is 10.3 Å². The van der Waals surface area contributed by atoms with Gasteiger partial charge in [0.25, 0.3) is 0 Å². The zero-order valence-electron chi connectivity index (χ0n) is 11.7. The SMILES string of the molecule is COc1cccc(CNCC(CC(C)C)C(=O)O)n1. The van der Waals surface area contributed by atoms with Gasteiger partial charge in [-0.2, -0.15) is 0 Å². The molecule has 1 heterocycles. The number of aliphatic carboxylic acids is 1. The molecule has 5 nitrogen and oxygen atoms in total. The molecule has 19 heavy (non-hydrogen) atoms. The van der Waals surface area contributed by atoms with Gasteiger partial charge in [0.15, 0.2) is 0 Å². The topological polar surface area (TPSA) is 71.5 Å². The van der Waals surface area contributed by atoms with Crippen LogP contribution in [0.2, 0.25) is 0 Å². The lowest BCUT2D eigenvalue weighted by Crippen LogP contribution is -2.29. The van der Waals surface area contributed by atoms with Crippen molar-refractivity contribution in [2.75, 3.05) is 13.7 Å². The molecule has 1 unspecified atom stereocenters. The molecule has 2 N–H and O–H groups in total. The fourth-order valence-electron chi connectivity index (χ4n) is 1.88. The highest BCUT2D eigenvalue weighted by Crippen LogP contribution is 2.11. The molecule has 0 amide bonds. The van der Waals surface area contributed by atoms with Crippen molar-refractivity contribution in [3.63, 3.8) is 0 Å². The lowest BCUT2D eigenvalue weighted by Gasteiger charge is -2.15. The van der Waals surface area contributed by atoms with Gasteiger partial charge in [-0.1, -0.05) is 19.9 Å². The maximum Gasteiger partial charge on any atom is 0.307 e. The Labute approximate surface area is 114 Å². The van der Waals surface area contributed by atoms with E-state index in [9.17, 15) is 4.79 Å². The van der Waals surface area contributed by atoms with Crippen LogP contribution in [0.1, 0.15) is 26.0 Å². The van der Waals surface area contributed by atoms with E-state index in [1.807, 2.05) is 26.0 Å². The average molecular weight is 266 g/mol. The van der Waals surface area contributed by atoms with Crippen LogP contribution in [-0.2, 0) is 11.3 Å². The molecule has 0 bridgehead atoms. The number of nitrogens with zero attached hydrogens (tertiary/aromatic N) is 1. The van der Waals surface area contributed by atoms with Crippen LogP contribution < -0.4 is 10.1 Å². The summed E-state index contributed by atoms with van der Waals surface area (Å²) in [5.74, 6) is -0.167. The zero-order valence-corrected chi connectivity index (χ0v) is 11.7. The normalized spacial score (nSPS) is 12.4. The predicted molar refractivity (Wildman–Crippen MR) is 73.1 cm³/mol. The highest BCUT2D eigenvalue weighted by Gasteiger charge is 2.18. The number of pyridine rings is 1. The molecule has 0 radical (unpaired) electrons. The minimum atomic E-state index is -0.750. The first-order chi connectivity index (χ1) is 9.02. The van der Waals surface area contributed by atoms with E-state index in [1.54, 1.807) is 13.2 Å². The number of ether oxygens (including phenoxy) is 1. The molecular weight excluding hydrogens is 244 g/mol. The molecule has 0 spiro atoms. The van der Waals surface area contributed by atoms with Crippen molar-refractivity contribution in [1.29, 1.82) is 0 Å². The summed E-state index contributed by atoms with van der Waals surface area (Å²) in [6.07, 6.45) is 0.674. The molecular formula is C14H22N2O3. The maximum atomic E-state index is 11.1. The van der Waals surface area contributed by atoms with Gasteiger partial charge in [0, 0.05) is 19.2 Å². The van der Waals surface area contributed by atoms with Gasteiger partial charge in [0.05, 0.1) is 18.7 Å². The number of methoxy groups -OCH3 is 1. The molecule has 1 atom stereocenters. The number of carbonyl (C=O) groups is 1. The first-order valence-corrected chi connectivity index (χ1v) is 6.46. The van der Waals surface area contributed by atoms with Gasteiger partial charge in [-0.05, 0) is 18.4 Å². The molecule has 0 aromatic carbocycles. The van der Waals surface area contributed by atoms with E-state index in [4.69, 9.17) is 9.84 Å². The monoisotopic (exact) mass is 266 g/mol. The van der Waals surface area contributed by atoms with Gasteiger partial charge in [0.1, 0.15) is 0 Å². The number of rotatable bonds is 8. The van der Waals surface area contributed by atoms with E-state index < -0.39 is 5.97 Å². The van der Waals surface area contributed by atoms with Crippen molar-refractivity contribution in [2.24, 2.45) is 11.8 Å². The van der Waals surface area contributed by atoms with Crippen molar-refractivity contribution in [2.45, 2.75) is 26.8 Å². The Balaban J connectivity index is 2.44. The Morgan fingerprint density at radius 3 is 2.79 bits per heavy atom. The second-order valence-electron chi connectivity index (χ2n) is 4.97. The highest BCUT2D eigenvalue weighted by atomic mass is 16.5. The number of hydrogen-bond donors (Lipinski definition) is 2. The molecule has 0 aliphatic heterocycles. The largest absolute Gasteiger partial charge is 0.481 e. The number of nitrogens with one attached hydrogen (secondary N) is 1. The van der Waals surface area contributed by atoms with Gasteiger partial charge in [-0.15, -0.1) is 0 Å². The minimum Gasteiger partial charge on any atom is -0.481 e. The molecule has 0 saturated carbocycles. The smallest absolute Gasteiger partial charge is 0.307 e. The molecule has 0 saturated heterocycles. The number of hydrogen-bond acceptors (Lipinski definition) is 4. The first kappa shape index (κ1) is 15.4. The van der Waals surface area contributed by atoms with Crippen molar-refractivity contribution < 1.29 is 14.6 Å². The summed E-state index contributed by atoms with van der Waals surface area (Å²) in [5, 5.41) is 12.3. The molecule has 0 fully saturated rings. The van der Waals surface area contributed by atoms with Crippen LogP contribution in [0.3, 0.4) is 0 Å². The van der Waals surface area contributed by atoms with E-state index in [-0.39, 0.29) is 5.92 Å². The van der Waals surface area contributed by atoms with Crippen LogP contribution in [0.25, 0.3) is 0 Å². The van der Waals surface area contributed by atoms with Crippen LogP contribution in [0.4, 0.5) is 0 Å². The molecule has 106 valence electrons. The van der Waals surface area contributed by atoms with E-state index in [2.05, 4.69) is 10.3 Å². The van der Waals surface area contributed by atoms with E-state index in [0.29, 0.717) is 31.3 Å². The van der Waals surface area contributed by atoms with E-state index in [1.165, 1.54) is 0 Å². The molecule has 5 heteroatoms. The summed E-state index contributed by atoms with van der Waals surface area (Å²) in [6.45, 7) is 5.05. The zero-order chi connectivity index (χ0) is 14.3. The molecule has 1 aromatic rings. The Kier molecular flexibility index (Phi) is 6.29. The highest BCUT2D eigenvalue weighted by molar-refractivity contribution is 5.70. The third kappa shape index (κ3) is 5.70. The average Bonchev–Trinajstić information content (AvgIpc) is 2.37. The Morgan fingerprint density at radius 1 is 1.47 bits per heavy atom. The lowest BCUT2D eigenvalue weighted by molar-refractivity contribution is -0.142. The van der Waals surface area contributed by atoms with Gasteiger partial charge in [-0.3, -0.25) is 4.79 Å². The van der Waals surface area contributed by atoms with E-state index >= 15 is 0 Å². The predicted octanol–water partition coefficient (Wildman–Crippen LogP) is 1.93. The summed E-state index contributed by atoms with van der Waals surface area (Å²) in [4.78, 5) is 15.4. The number of carboxylic acid groups (broad SMARTS) is 1. The first-order valence-electron chi connectivity index (χ1n) is 6.46. The second-order valence-corrected chi connectivity index (χ2v) is 4.97. The van der Waals surface area contributed by atoms with Crippen LogP contribution in [-0.4, -0.2) is 29.7 Å². The summed E-state index contributed by atoms with van der Waals surface area (Å²) >= 11 is 0. The molecule has 0 aliphatic carbocycles. The fourth-order valence-corrected chi connectivity index (χ4v) is 1.88. The summed E-state index contributed by atoms with van der Waals surface area (Å²) < 4.78 is 5.04. The third-order valence-electron chi connectivity index (χ3n) is 2.79. The van der Waals surface area contributed by atoms with Gasteiger partial charge in [-0.25, -0.2) is 4.98 Å². The van der Waals surface area contributed by atoms with E-state index in [0.717, 1.165) is 5.69 Å². The molecule has 0 aliphatic rings. The fraction of sp³-hybridized carbons (Fsp3) is 0.571. The minimum absolute atomic E-state index is 0.356. The Morgan fingerprint density at radius 2 is 2.21 bits per heavy atom. The summed E-state index contributed by atoms with van der Waals surface area (Å²) in [6, 6.07) is 5.53. The number of aromatic nitrogens is 1. The van der Waals surface area contributed by atoms with Crippen LogP contribution in [0.5, 0.6) is 5.88 Å². The summed E-state index contributed by atoms with van der Waals surface area (Å²) in [5.41, 5.74) is 0.841. The van der Waals surface area contributed by atoms with Crippen LogP contribution in [0.15, 0.2) is 18.2 Å². The van der Waals surface area contributed by atoms with Gasteiger partial charge < -0.3 is 15.2 Å². The molecule has 1 rings (SSSR count). The Hall–Kier alpha value is -1.62. The lowest BCUT2D eigenvalue weighted by atomic mass is 9.97. The van der Waals surface area contributed by atoms with Gasteiger partial charge >= 0.3 is 5.97 Å². The third-order valence-corrected chi connectivity index (χ3v) is 2.79. The van der Waals surface area contributed by atoms with Crippen molar-refractivity contribution in [3.8, 4) is 5.88 Å². The summed E-state index contributed by atoms with van der Waals surface area (Å²) in [7, 11) is 1.57. The molecule has 1 aromatic heterocycles.